The van der Waals surface area contributed by atoms with Crippen LogP contribution in [-0.4, -0.2) is 11.5 Å². The standard InChI is InChI=1S/C17H23ClN2O/c1-5-20(12-14-7-6-8-21-14)16-10-13(11-18)9-15(19-16)17(2,3)4/h6-10H,5,11-12H2,1-4H3. The quantitative estimate of drug-likeness (QED) is 0.747. The van der Waals surface area contributed by atoms with Gasteiger partial charge in [-0.1, -0.05) is 20.8 Å². The lowest BCUT2D eigenvalue weighted by Crippen LogP contribution is -2.25. The molecule has 0 fully saturated rings. The zero-order chi connectivity index (χ0) is 15.5. The molecule has 0 spiro atoms. The maximum Gasteiger partial charge on any atom is 0.129 e. The van der Waals surface area contributed by atoms with E-state index < -0.39 is 0 Å². The Bertz CT molecular complexity index is 573. The van der Waals surface area contributed by atoms with Crippen molar-refractivity contribution < 1.29 is 4.42 Å². The Labute approximate surface area is 131 Å². The molecule has 0 saturated heterocycles. The van der Waals surface area contributed by atoms with Gasteiger partial charge in [-0.25, -0.2) is 4.98 Å². The van der Waals surface area contributed by atoms with Gasteiger partial charge in [-0.05, 0) is 36.8 Å². The third-order valence-electron chi connectivity index (χ3n) is 3.43. The number of rotatable bonds is 5. The average molecular weight is 307 g/mol. The zero-order valence-corrected chi connectivity index (χ0v) is 13.9. The number of anilines is 1. The normalized spacial score (nSPS) is 11.7. The summed E-state index contributed by atoms with van der Waals surface area (Å²) < 4.78 is 5.45. The molecule has 0 bridgehead atoms. The topological polar surface area (TPSA) is 29.3 Å². The number of halogens is 1. The Morgan fingerprint density at radius 1 is 1.29 bits per heavy atom. The molecule has 0 amide bonds. The van der Waals surface area contributed by atoms with Crippen LogP contribution in [0.4, 0.5) is 5.82 Å². The number of pyridine rings is 1. The summed E-state index contributed by atoms with van der Waals surface area (Å²) in [6.45, 7) is 10.2. The lowest BCUT2D eigenvalue weighted by molar-refractivity contribution is 0.502. The predicted molar refractivity (Wildman–Crippen MR) is 87.9 cm³/mol. The molecule has 0 N–H and O–H groups in total. The molecule has 0 aliphatic heterocycles. The van der Waals surface area contributed by atoms with Crippen molar-refractivity contribution in [3.05, 3.63) is 47.5 Å². The fraction of sp³-hybridized carbons (Fsp3) is 0.471. The van der Waals surface area contributed by atoms with Crippen molar-refractivity contribution in [2.75, 3.05) is 11.4 Å². The molecule has 114 valence electrons. The molecule has 2 heterocycles. The molecule has 0 saturated carbocycles. The second kappa shape index (κ2) is 6.52. The van der Waals surface area contributed by atoms with Crippen molar-refractivity contribution in [2.45, 2.75) is 45.5 Å². The molecule has 21 heavy (non-hydrogen) atoms. The van der Waals surface area contributed by atoms with E-state index in [1.54, 1.807) is 6.26 Å². The first-order valence-corrected chi connectivity index (χ1v) is 7.82. The maximum absolute atomic E-state index is 6.05. The number of alkyl halides is 1. The minimum atomic E-state index is 0.000905. The van der Waals surface area contributed by atoms with Crippen LogP contribution in [0, 0.1) is 0 Å². The zero-order valence-electron chi connectivity index (χ0n) is 13.2. The van der Waals surface area contributed by atoms with E-state index in [1.807, 2.05) is 12.1 Å². The van der Waals surface area contributed by atoms with Gasteiger partial charge < -0.3 is 9.32 Å². The number of hydrogen-bond donors (Lipinski definition) is 0. The fourth-order valence-electron chi connectivity index (χ4n) is 2.14. The SMILES string of the molecule is CCN(Cc1ccco1)c1cc(CCl)cc(C(C)(C)C)n1. The third-order valence-corrected chi connectivity index (χ3v) is 3.74. The molecule has 2 aromatic rings. The van der Waals surface area contributed by atoms with Crippen molar-refractivity contribution in [2.24, 2.45) is 0 Å². The lowest BCUT2D eigenvalue weighted by Gasteiger charge is -2.25. The molecule has 0 unspecified atom stereocenters. The minimum absolute atomic E-state index is 0.000905. The van der Waals surface area contributed by atoms with E-state index >= 15 is 0 Å². The van der Waals surface area contributed by atoms with Crippen LogP contribution in [0.25, 0.3) is 0 Å². The first-order chi connectivity index (χ1) is 9.94. The van der Waals surface area contributed by atoms with Gasteiger partial charge in [-0.2, -0.15) is 0 Å². The highest BCUT2D eigenvalue weighted by Gasteiger charge is 2.19. The number of hydrogen-bond acceptors (Lipinski definition) is 3. The van der Waals surface area contributed by atoms with Gasteiger partial charge in [0, 0.05) is 23.5 Å². The molecular weight excluding hydrogens is 284 g/mol. The van der Waals surface area contributed by atoms with Gasteiger partial charge >= 0.3 is 0 Å². The van der Waals surface area contributed by atoms with E-state index in [2.05, 4.69) is 44.7 Å². The molecule has 0 radical (unpaired) electrons. The Morgan fingerprint density at radius 3 is 2.57 bits per heavy atom. The van der Waals surface area contributed by atoms with Crippen molar-refractivity contribution in [3.63, 3.8) is 0 Å². The first kappa shape index (κ1) is 15.9. The van der Waals surface area contributed by atoms with Gasteiger partial charge in [-0.15, -0.1) is 11.6 Å². The van der Waals surface area contributed by atoms with Gasteiger partial charge in [0.15, 0.2) is 0 Å². The summed E-state index contributed by atoms with van der Waals surface area (Å²) in [6, 6.07) is 8.05. The fourth-order valence-corrected chi connectivity index (χ4v) is 2.29. The second-order valence-electron chi connectivity index (χ2n) is 6.20. The number of furan rings is 1. The molecule has 4 heteroatoms. The summed E-state index contributed by atoms with van der Waals surface area (Å²) in [5.41, 5.74) is 2.17. The molecule has 2 aromatic heterocycles. The van der Waals surface area contributed by atoms with E-state index in [1.165, 1.54) is 0 Å². The summed E-state index contributed by atoms with van der Waals surface area (Å²) in [6.07, 6.45) is 1.70. The van der Waals surface area contributed by atoms with E-state index in [4.69, 9.17) is 21.0 Å². The van der Waals surface area contributed by atoms with Crippen LogP contribution in [0.2, 0.25) is 0 Å². The van der Waals surface area contributed by atoms with Crippen molar-refractivity contribution >= 4 is 17.4 Å². The molecule has 0 aliphatic rings. The van der Waals surface area contributed by atoms with Crippen molar-refractivity contribution in [3.8, 4) is 0 Å². The van der Waals surface area contributed by atoms with Crippen molar-refractivity contribution in [1.29, 1.82) is 0 Å². The van der Waals surface area contributed by atoms with Crippen LogP contribution in [0.3, 0.4) is 0 Å². The Balaban J connectivity index is 2.35. The first-order valence-electron chi connectivity index (χ1n) is 7.28. The van der Waals surface area contributed by atoms with Crippen LogP contribution in [0.15, 0.2) is 34.9 Å². The van der Waals surface area contributed by atoms with Gasteiger partial charge in [0.2, 0.25) is 0 Å². The van der Waals surface area contributed by atoms with Gasteiger partial charge in [0.1, 0.15) is 11.6 Å². The lowest BCUT2D eigenvalue weighted by atomic mass is 9.91. The van der Waals surface area contributed by atoms with E-state index in [0.717, 1.165) is 29.4 Å². The van der Waals surface area contributed by atoms with Crippen LogP contribution < -0.4 is 4.90 Å². The van der Waals surface area contributed by atoms with Gasteiger partial charge in [0.05, 0.1) is 12.8 Å². The second-order valence-corrected chi connectivity index (χ2v) is 6.46. The Hall–Kier alpha value is -1.48. The predicted octanol–water partition coefficient (Wildman–Crippen LogP) is 4.74. The molecule has 2 rings (SSSR count). The van der Waals surface area contributed by atoms with E-state index in [-0.39, 0.29) is 5.41 Å². The summed E-state index contributed by atoms with van der Waals surface area (Å²) >= 11 is 6.05. The molecule has 0 atom stereocenters. The summed E-state index contributed by atoms with van der Waals surface area (Å²) in [7, 11) is 0. The van der Waals surface area contributed by atoms with Gasteiger partial charge in [-0.3, -0.25) is 0 Å². The number of nitrogens with zero attached hydrogens (tertiary/aromatic N) is 2. The van der Waals surface area contributed by atoms with Gasteiger partial charge in [0.25, 0.3) is 0 Å². The van der Waals surface area contributed by atoms with E-state index in [0.29, 0.717) is 12.4 Å². The average Bonchev–Trinajstić information content (AvgIpc) is 2.96. The van der Waals surface area contributed by atoms with Crippen LogP contribution in [0.1, 0.15) is 44.7 Å². The minimum Gasteiger partial charge on any atom is -0.467 e. The van der Waals surface area contributed by atoms with E-state index in [9.17, 15) is 0 Å². The number of aromatic nitrogens is 1. The largest absolute Gasteiger partial charge is 0.467 e. The maximum atomic E-state index is 6.05. The molecule has 3 nitrogen and oxygen atoms in total. The Kier molecular flexibility index (Phi) is 4.94. The molecule has 0 aromatic carbocycles. The summed E-state index contributed by atoms with van der Waals surface area (Å²) in [5.74, 6) is 2.39. The van der Waals surface area contributed by atoms with Crippen molar-refractivity contribution in [1.82, 2.24) is 4.98 Å². The van der Waals surface area contributed by atoms with Crippen LogP contribution in [-0.2, 0) is 17.8 Å². The highest BCUT2D eigenvalue weighted by atomic mass is 35.5. The monoisotopic (exact) mass is 306 g/mol. The highest BCUT2D eigenvalue weighted by molar-refractivity contribution is 6.17. The molecular formula is C17H23ClN2O. The summed E-state index contributed by atoms with van der Waals surface area (Å²) in [4.78, 5) is 7.03. The Morgan fingerprint density at radius 2 is 2.05 bits per heavy atom. The van der Waals surface area contributed by atoms with Crippen LogP contribution in [0.5, 0.6) is 0 Å². The smallest absolute Gasteiger partial charge is 0.129 e. The third kappa shape index (κ3) is 4.01. The van der Waals surface area contributed by atoms with Crippen LogP contribution >= 0.6 is 11.6 Å². The molecule has 0 aliphatic carbocycles. The highest BCUT2D eigenvalue weighted by Crippen LogP contribution is 2.26. The summed E-state index contributed by atoms with van der Waals surface area (Å²) in [5, 5.41) is 0.